The molecule has 0 saturated carbocycles. The number of amides is 1. The van der Waals surface area contributed by atoms with Crippen molar-refractivity contribution in [3.63, 3.8) is 0 Å². The minimum absolute atomic E-state index is 0.0527. The zero-order valence-electron chi connectivity index (χ0n) is 10.00. The number of carbonyl (C=O) groups is 2. The predicted molar refractivity (Wildman–Crippen MR) is 65.0 cm³/mol. The number of halogens is 2. The summed E-state index contributed by atoms with van der Waals surface area (Å²) in [4.78, 5) is 23.0. The van der Waals surface area contributed by atoms with Gasteiger partial charge in [-0.1, -0.05) is 17.7 Å². The lowest BCUT2D eigenvalue weighted by atomic mass is 10.2. The van der Waals surface area contributed by atoms with Crippen molar-refractivity contribution in [1.29, 1.82) is 0 Å². The van der Waals surface area contributed by atoms with Crippen LogP contribution in [0, 0.1) is 5.82 Å². The van der Waals surface area contributed by atoms with Crippen LogP contribution in [0.2, 0.25) is 5.02 Å². The minimum Gasteiger partial charge on any atom is -0.449 e. The Morgan fingerprint density at radius 1 is 1.50 bits per heavy atom. The first kappa shape index (κ1) is 14.4. The van der Waals surface area contributed by atoms with Crippen molar-refractivity contribution < 1.29 is 18.7 Å². The van der Waals surface area contributed by atoms with Gasteiger partial charge in [-0.15, -0.1) is 0 Å². The summed E-state index contributed by atoms with van der Waals surface area (Å²) in [7, 11) is 0. The maximum atomic E-state index is 13.4. The van der Waals surface area contributed by atoms with E-state index in [0.29, 0.717) is 6.54 Å². The number of ether oxygens (including phenoxy) is 1. The summed E-state index contributed by atoms with van der Waals surface area (Å²) < 4.78 is 18.3. The van der Waals surface area contributed by atoms with Crippen molar-refractivity contribution in [1.82, 2.24) is 5.32 Å². The average molecular weight is 274 g/mol. The summed E-state index contributed by atoms with van der Waals surface area (Å²) in [6, 6.07) is 3.85. The molecule has 1 N–H and O–H groups in total. The van der Waals surface area contributed by atoms with Crippen LogP contribution in [0.15, 0.2) is 18.2 Å². The maximum absolute atomic E-state index is 13.4. The topological polar surface area (TPSA) is 55.4 Å². The summed E-state index contributed by atoms with van der Waals surface area (Å²) >= 11 is 5.71. The first-order valence-electron chi connectivity index (χ1n) is 5.40. The Labute approximate surface area is 109 Å². The summed E-state index contributed by atoms with van der Waals surface area (Å²) in [5.74, 6) is -2.19. The third-order valence-electron chi connectivity index (χ3n) is 2.17. The van der Waals surface area contributed by atoms with E-state index in [4.69, 9.17) is 16.3 Å². The second-order valence-corrected chi connectivity index (χ2v) is 3.95. The van der Waals surface area contributed by atoms with Crippen LogP contribution in [0.4, 0.5) is 4.39 Å². The van der Waals surface area contributed by atoms with Gasteiger partial charge in [0.25, 0.3) is 5.91 Å². The summed E-state index contributed by atoms with van der Waals surface area (Å²) in [5, 5.41) is 2.44. The second-order valence-electron chi connectivity index (χ2n) is 3.54. The van der Waals surface area contributed by atoms with Crippen molar-refractivity contribution >= 4 is 23.5 Å². The monoisotopic (exact) mass is 273 g/mol. The van der Waals surface area contributed by atoms with E-state index in [1.165, 1.54) is 19.1 Å². The molecule has 1 aromatic carbocycles. The molecule has 6 heteroatoms. The molecule has 0 aliphatic heterocycles. The van der Waals surface area contributed by atoms with Gasteiger partial charge in [0.1, 0.15) is 11.4 Å². The molecule has 0 aliphatic carbocycles. The molecular weight excluding hydrogens is 261 g/mol. The third-order valence-corrected chi connectivity index (χ3v) is 2.49. The molecule has 18 heavy (non-hydrogen) atoms. The molecule has 1 rings (SSSR count). The molecule has 1 atom stereocenters. The maximum Gasteiger partial charge on any atom is 0.343 e. The van der Waals surface area contributed by atoms with Crippen molar-refractivity contribution in [3.8, 4) is 0 Å². The standard InChI is InChI=1S/C12H13ClFNO3/c1-3-15-11(16)7(2)18-12(17)10-8(13)5-4-6-9(10)14/h4-7H,3H2,1-2H3,(H,15,16)/t7-/m1/s1. The second kappa shape index (κ2) is 6.35. The van der Waals surface area contributed by atoms with Crippen LogP contribution in [-0.4, -0.2) is 24.5 Å². The van der Waals surface area contributed by atoms with Crippen LogP contribution in [0.1, 0.15) is 24.2 Å². The van der Waals surface area contributed by atoms with Crippen LogP contribution in [0.5, 0.6) is 0 Å². The molecular formula is C12H13ClFNO3. The normalized spacial score (nSPS) is 11.8. The van der Waals surface area contributed by atoms with Crippen molar-refractivity contribution in [2.24, 2.45) is 0 Å². The lowest BCUT2D eigenvalue weighted by Gasteiger charge is -2.13. The molecule has 0 aromatic heterocycles. The molecule has 0 radical (unpaired) electrons. The van der Waals surface area contributed by atoms with Gasteiger partial charge in [-0.25, -0.2) is 9.18 Å². The number of rotatable bonds is 4. The minimum atomic E-state index is -1.01. The highest BCUT2D eigenvalue weighted by Crippen LogP contribution is 2.20. The molecule has 0 bridgehead atoms. The van der Waals surface area contributed by atoms with Gasteiger partial charge in [-0.2, -0.15) is 0 Å². The van der Waals surface area contributed by atoms with Gasteiger partial charge in [-0.05, 0) is 26.0 Å². The third kappa shape index (κ3) is 3.43. The van der Waals surface area contributed by atoms with E-state index in [0.717, 1.165) is 6.07 Å². The highest BCUT2D eigenvalue weighted by molar-refractivity contribution is 6.33. The van der Waals surface area contributed by atoms with Crippen LogP contribution in [0.3, 0.4) is 0 Å². The molecule has 0 fully saturated rings. The first-order valence-corrected chi connectivity index (χ1v) is 5.77. The van der Waals surface area contributed by atoms with Crippen LogP contribution in [-0.2, 0) is 9.53 Å². The molecule has 0 unspecified atom stereocenters. The van der Waals surface area contributed by atoms with Crippen LogP contribution in [0.25, 0.3) is 0 Å². The highest BCUT2D eigenvalue weighted by atomic mass is 35.5. The van der Waals surface area contributed by atoms with E-state index in [1.54, 1.807) is 6.92 Å². The van der Waals surface area contributed by atoms with Crippen molar-refractivity contribution in [3.05, 3.63) is 34.6 Å². The van der Waals surface area contributed by atoms with E-state index >= 15 is 0 Å². The van der Waals surface area contributed by atoms with Gasteiger partial charge >= 0.3 is 5.97 Å². The smallest absolute Gasteiger partial charge is 0.343 e. The molecule has 1 aromatic rings. The number of benzene rings is 1. The summed E-state index contributed by atoms with van der Waals surface area (Å²) in [6.45, 7) is 3.55. The van der Waals surface area contributed by atoms with E-state index in [9.17, 15) is 14.0 Å². The Hall–Kier alpha value is -1.62. The lowest BCUT2D eigenvalue weighted by molar-refractivity contribution is -0.128. The molecule has 98 valence electrons. The number of nitrogens with one attached hydrogen (secondary N) is 1. The van der Waals surface area contributed by atoms with E-state index < -0.39 is 23.8 Å². The number of hydrogen-bond donors (Lipinski definition) is 1. The lowest BCUT2D eigenvalue weighted by Crippen LogP contribution is -2.35. The molecule has 4 nitrogen and oxygen atoms in total. The molecule has 1 amide bonds. The number of carbonyl (C=O) groups excluding carboxylic acids is 2. The Kier molecular flexibility index (Phi) is 5.09. The van der Waals surface area contributed by atoms with E-state index in [-0.39, 0.29) is 10.6 Å². The first-order chi connectivity index (χ1) is 8.47. The Bertz CT molecular complexity index is 444. The molecule has 0 saturated heterocycles. The van der Waals surface area contributed by atoms with Crippen LogP contribution >= 0.6 is 11.6 Å². The van der Waals surface area contributed by atoms with Gasteiger partial charge in [-0.3, -0.25) is 4.79 Å². The van der Waals surface area contributed by atoms with Gasteiger partial charge in [0, 0.05) is 6.54 Å². The van der Waals surface area contributed by atoms with Crippen molar-refractivity contribution in [2.75, 3.05) is 6.54 Å². The number of esters is 1. The summed E-state index contributed by atoms with van der Waals surface area (Å²) in [5.41, 5.74) is -0.365. The van der Waals surface area contributed by atoms with Crippen LogP contribution < -0.4 is 5.32 Å². The van der Waals surface area contributed by atoms with Gasteiger partial charge in [0.15, 0.2) is 6.10 Å². The SMILES string of the molecule is CCNC(=O)[C@@H](C)OC(=O)c1c(F)cccc1Cl. The number of likely N-dealkylation sites (N-methyl/N-ethyl adjacent to an activating group) is 1. The fraction of sp³-hybridized carbons (Fsp3) is 0.333. The van der Waals surface area contributed by atoms with E-state index in [1.807, 2.05) is 0 Å². The fourth-order valence-corrected chi connectivity index (χ4v) is 1.52. The molecule has 0 spiro atoms. The molecule has 0 aliphatic rings. The molecule has 0 heterocycles. The number of hydrogen-bond acceptors (Lipinski definition) is 3. The average Bonchev–Trinajstić information content (AvgIpc) is 2.28. The zero-order valence-corrected chi connectivity index (χ0v) is 10.8. The predicted octanol–water partition coefficient (Wildman–Crippen LogP) is 2.16. The van der Waals surface area contributed by atoms with Gasteiger partial charge in [0.2, 0.25) is 0 Å². The zero-order chi connectivity index (χ0) is 13.7. The van der Waals surface area contributed by atoms with Crippen molar-refractivity contribution in [2.45, 2.75) is 20.0 Å². The fourth-order valence-electron chi connectivity index (χ4n) is 1.28. The Morgan fingerprint density at radius 3 is 2.72 bits per heavy atom. The van der Waals surface area contributed by atoms with Gasteiger partial charge in [0.05, 0.1) is 5.02 Å². The highest BCUT2D eigenvalue weighted by Gasteiger charge is 2.22. The van der Waals surface area contributed by atoms with E-state index in [2.05, 4.69) is 5.32 Å². The largest absolute Gasteiger partial charge is 0.449 e. The quantitative estimate of drug-likeness (QED) is 0.856. The Morgan fingerprint density at radius 2 is 2.17 bits per heavy atom. The Balaban J connectivity index is 2.80. The van der Waals surface area contributed by atoms with Gasteiger partial charge < -0.3 is 10.1 Å². The summed E-state index contributed by atoms with van der Waals surface area (Å²) in [6.07, 6.45) is -1.01.